The van der Waals surface area contributed by atoms with Crippen molar-refractivity contribution in [3.8, 4) is 0 Å². The molecule has 124 valence electrons. The lowest BCUT2D eigenvalue weighted by Gasteiger charge is -2.46. The first kappa shape index (κ1) is 16.5. The van der Waals surface area contributed by atoms with Gasteiger partial charge in [-0.1, -0.05) is 50.1 Å². The van der Waals surface area contributed by atoms with Crippen LogP contribution in [0.4, 0.5) is 0 Å². The van der Waals surface area contributed by atoms with Gasteiger partial charge in [0.2, 0.25) is 5.91 Å². The van der Waals surface area contributed by atoms with Crippen molar-refractivity contribution in [2.75, 3.05) is 0 Å². The molecule has 3 unspecified atom stereocenters. The van der Waals surface area contributed by atoms with E-state index in [-0.39, 0.29) is 11.8 Å². The summed E-state index contributed by atoms with van der Waals surface area (Å²) in [6, 6.07) is 7.07. The number of rotatable bonds is 3. The van der Waals surface area contributed by atoms with Gasteiger partial charge < -0.3 is 10.4 Å². The zero-order valence-electron chi connectivity index (χ0n) is 13.6. The second kappa shape index (κ2) is 6.25. The minimum atomic E-state index is -0.767. The number of fused-ring (bicyclic) bond motifs is 1. The molecule has 1 aliphatic carbocycles. The highest BCUT2D eigenvalue weighted by Crippen LogP contribution is 2.41. The van der Waals surface area contributed by atoms with Crippen LogP contribution in [0.15, 0.2) is 29.3 Å². The second-order valence-corrected chi connectivity index (χ2v) is 7.03. The summed E-state index contributed by atoms with van der Waals surface area (Å²) in [5.41, 5.74) is 0.730. The predicted molar refractivity (Wildman–Crippen MR) is 91.8 cm³/mol. The van der Waals surface area contributed by atoms with Crippen molar-refractivity contribution in [2.24, 2.45) is 10.9 Å². The van der Waals surface area contributed by atoms with Crippen molar-refractivity contribution in [1.82, 2.24) is 5.32 Å². The number of nitrogens with zero attached hydrogens (tertiary/aromatic N) is 1. The number of hydrogen-bond acceptors (Lipinski definition) is 3. The highest BCUT2D eigenvalue weighted by Gasteiger charge is 2.50. The van der Waals surface area contributed by atoms with E-state index in [2.05, 4.69) is 5.32 Å². The van der Waals surface area contributed by atoms with Gasteiger partial charge >= 0.3 is 0 Å². The van der Waals surface area contributed by atoms with E-state index in [1.807, 2.05) is 38.1 Å². The van der Waals surface area contributed by atoms with E-state index in [1.165, 1.54) is 0 Å². The minimum absolute atomic E-state index is 0.0721. The molecule has 1 heterocycles. The number of halogens is 1. The Morgan fingerprint density at radius 1 is 1.48 bits per heavy atom. The number of carbonyl (C=O) groups excluding carboxylic acids is 1. The van der Waals surface area contributed by atoms with Gasteiger partial charge in [0.25, 0.3) is 0 Å². The molecule has 1 saturated carbocycles. The third kappa shape index (κ3) is 2.68. The van der Waals surface area contributed by atoms with Gasteiger partial charge in [-0.25, -0.2) is 0 Å². The SMILES string of the molecule is CCC(C)C1N=C2[C@H](O)CCCC2(c2ccccc2Cl)NC1=O. The Morgan fingerprint density at radius 2 is 2.22 bits per heavy atom. The van der Waals surface area contributed by atoms with Gasteiger partial charge in [0.15, 0.2) is 0 Å². The summed E-state index contributed by atoms with van der Waals surface area (Å²) in [7, 11) is 0. The Kier molecular flexibility index (Phi) is 4.47. The molecule has 0 bridgehead atoms. The zero-order chi connectivity index (χ0) is 16.6. The molecule has 2 N–H and O–H groups in total. The predicted octanol–water partition coefficient (Wildman–Crippen LogP) is 3.07. The van der Waals surface area contributed by atoms with Gasteiger partial charge in [-0.2, -0.15) is 0 Å². The Labute approximate surface area is 142 Å². The normalized spacial score (nSPS) is 31.8. The van der Waals surface area contributed by atoms with E-state index in [1.54, 1.807) is 0 Å². The molecule has 0 spiro atoms. The molecular formula is C18H23ClN2O2. The summed E-state index contributed by atoms with van der Waals surface area (Å²) >= 11 is 6.41. The maximum atomic E-state index is 12.7. The summed E-state index contributed by atoms with van der Waals surface area (Å²) in [5.74, 6) is 0.0676. The van der Waals surface area contributed by atoms with Crippen molar-refractivity contribution >= 4 is 23.2 Å². The van der Waals surface area contributed by atoms with Crippen molar-refractivity contribution in [2.45, 2.75) is 57.2 Å². The second-order valence-electron chi connectivity index (χ2n) is 6.63. The van der Waals surface area contributed by atoms with Gasteiger partial charge in [0, 0.05) is 10.6 Å². The van der Waals surface area contributed by atoms with Crippen LogP contribution in [0, 0.1) is 5.92 Å². The summed E-state index contributed by atoms with van der Waals surface area (Å²) in [6.45, 7) is 4.07. The van der Waals surface area contributed by atoms with E-state index in [4.69, 9.17) is 16.6 Å². The zero-order valence-corrected chi connectivity index (χ0v) is 14.3. The first-order valence-electron chi connectivity index (χ1n) is 8.33. The number of carbonyl (C=O) groups is 1. The van der Waals surface area contributed by atoms with Gasteiger partial charge in [-0.3, -0.25) is 9.79 Å². The average molecular weight is 335 g/mol. The molecular weight excluding hydrogens is 312 g/mol. The lowest BCUT2D eigenvalue weighted by Crippen LogP contribution is -2.63. The number of aliphatic hydroxyl groups is 1. The minimum Gasteiger partial charge on any atom is -0.387 e. The molecule has 5 heteroatoms. The standard InChI is InChI=1S/C18H23ClN2O2/c1-3-11(2)15-17(23)21-18(12-7-4-5-8-13(12)19)10-6-9-14(22)16(18)20-15/h4-5,7-8,11,14-15,22H,3,6,9-10H2,1-2H3,(H,21,23)/t11?,14-,15?,18?/m1/s1. The fourth-order valence-corrected chi connectivity index (χ4v) is 3.98. The Balaban J connectivity index is 2.14. The van der Waals surface area contributed by atoms with Gasteiger partial charge in [-0.05, 0) is 31.2 Å². The monoisotopic (exact) mass is 334 g/mol. The van der Waals surface area contributed by atoms with Crippen LogP contribution in [0.25, 0.3) is 0 Å². The molecule has 0 saturated heterocycles. The molecule has 0 aromatic heterocycles. The van der Waals surface area contributed by atoms with Crippen LogP contribution < -0.4 is 5.32 Å². The summed E-state index contributed by atoms with van der Waals surface area (Å²) in [6.07, 6.45) is 2.44. The van der Waals surface area contributed by atoms with Gasteiger partial charge in [0.05, 0.1) is 11.8 Å². The smallest absolute Gasteiger partial charge is 0.246 e. The van der Waals surface area contributed by atoms with Crippen LogP contribution in [0.5, 0.6) is 0 Å². The summed E-state index contributed by atoms with van der Waals surface area (Å²) in [5, 5.41) is 14.3. The van der Waals surface area contributed by atoms with Crippen LogP contribution in [0.1, 0.15) is 45.1 Å². The first-order chi connectivity index (χ1) is 11.0. The average Bonchev–Trinajstić information content (AvgIpc) is 2.54. The van der Waals surface area contributed by atoms with Crippen molar-refractivity contribution < 1.29 is 9.90 Å². The molecule has 0 radical (unpaired) electrons. The lowest BCUT2D eigenvalue weighted by atomic mass is 9.71. The van der Waals surface area contributed by atoms with Crippen molar-refractivity contribution in [3.05, 3.63) is 34.9 Å². The number of aliphatic imine (C=N–C) groups is 1. The molecule has 1 aliphatic heterocycles. The molecule has 2 aliphatic rings. The largest absolute Gasteiger partial charge is 0.387 e. The van der Waals surface area contributed by atoms with Crippen LogP contribution in [-0.4, -0.2) is 28.9 Å². The fourth-order valence-electron chi connectivity index (χ4n) is 3.68. The number of amides is 1. The Hall–Kier alpha value is -1.39. The van der Waals surface area contributed by atoms with Gasteiger partial charge in [0.1, 0.15) is 11.6 Å². The van der Waals surface area contributed by atoms with Crippen LogP contribution in [0.2, 0.25) is 5.02 Å². The van der Waals surface area contributed by atoms with Crippen molar-refractivity contribution in [3.63, 3.8) is 0 Å². The summed E-state index contributed by atoms with van der Waals surface area (Å²) < 4.78 is 0. The van der Waals surface area contributed by atoms with E-state index >= 15 is 0 Å². The van der Waals surface area contributed by atoms with E-state index in [9.17, 15) is 9.90 Å². The van der Waals surface area contributed by atoms with Gasteiger partial charge in [-0.15, -0.1) is 0 Å². The van der Waals surface area contributed by atoms with E-state index < -0.39 is 17.7 Å². The lowest BCUT2D eigenvalue weighted by molar-refractivity contribution is -0.125. The molecule has 4 atom stereocenters. The number of nitrogens with one attached hydrogen (secondary N) is 1. The maximum absolute atomic E-state index is 12.7. The Bertz CT molecular complexity index is 646. The molecule has 1 aromatic rings. The number of hydrogen-bond donors (Lipinski definition) is 2. The van der Waals surface area contributed by atoms with E-state index in [0.717, 1.165) is 18.4 Å². The molecule has 1 amide bonds. The highest BCUT2D eigenvalue weighted by atomic mass is 35.5. The van der Waals surface area contributed by atoms with Crippen LogP contribution >= 0.6 is 11.6 Å². The molecule has 3 rings (SSSR count). The van der Waals surface area contributed by atoms with Crippen molar-refractivity contribution in [1.29, 1.82) is 0 Å². The number of aliphatic hydroxyl groups excluding tert-OH is 1. The molecule has 1 fully saturated rings. The topological polar surface area (TPSA) is 61.7 Å². The highest BCUT2D eigenvalue weighted by molar-refractivity contribution is 6.32. The fraction of sp³-hybridized carbons (Fsp3) is 0.556. The molecule has 1 aromatic carbocycles. The van der Waals surface area contributed by atoms with E-state index in [0.29, 0.717) is 23.6 Å². The first-order valence-corrected chi connectivity index (χ1v) is 8.70. The quantitative estimate of drug-likeness (QED) is 0.892. The Morgan fingerprint density at radius 3 is 2.91 bits per heavy atom. The van der Waals surface area contributed by atoms with Crippen LogP contribution in [-0.2, 0) is 10.3 Å². The molecule has 4 nitrogen and oxygen atoms in total. The molecule has 23 heavy (non-hydrogen) atoms. The third-order valence-corrected chi connectivity index (χ3v) is 5.51. The third-order valence-electron chi connectivity index (χ3n) is 5.18. The maximum Gasteiger partial charge on any atom is 0.246 e. The number of benzene rings is 1. The van der Waals surface area contributed by atoms with Crippen LogP contribution in [0.3, 0.4) is 0 Å². The summed E-state index contributed by atoms with van der Waals surface area (Å²) in [4.78, 5) is 17.4.